The van der Waals surface area contributed by atoms with E-state index in [4.69, 9.17) is 0 Å². The van der Waals surface area contributed by atoms with Crippen LogP contribution in [0.2, 0.25) is 0 Å². The summed E-state index contributed by atoms with van der Waals surface area (Å²) in [5, 5.41) is 24.2. The zero-order chi connectivity index (χ0) is 23.7. The third kappa shape index (κ3) is 4.08. The van der Waals surface area contributed by atoms with Gasteiger partial charge in [-0.05, 0) is 30.4 Å². The number of likely N-dealkylation sites (tertiary alicyclic amines) is 1. The molecule has 1 unspecified atom stereocenters. The minimum Gasteiger partial charge on any atom is -0.507 e. The van der Waals surface area contributed by atoms with Gasteiger partial charge in [0.05, 0.1) is 16.5 Å². The number of carbonyl (C=O) groups excluding carboxylic acids is 2. The number of hydrogen-bond donors (Lipinski definition) is 1. The van der Waals surface area contributed by atoms with Crippen LogP contribution in [0.1, 0.15) is 17.2 Å². The molecule has 1 N–H and O–H groups in total. The Balaban J connectivity index is 1.95. The molecule has 0 aliphatic carbocycles. The van der Waals surface area contributed by atoms with Gasteiger partial charge < -0.3 is 14.9 Å². The highest BCUT2D eigenvalue weighted by molar-refractivity contribution is 6.46. The van der Waals surface area contributed by atoms with Gasteiger partial charge in [0, 0.05) is 30.8 Å². The summed E-state index contributed by atoms with van der Waals surface area (Å²) in [6, 6.07) is 17.8. The largest absolute Gasteiger partial charge is 0.507 e. The summed E-state index contributed by atoms with van der Waals surface area (Å²) in [4.78, 5) is 40.2. The second kappa shape index (κ2) is 8.84. The fraction of sp³-hybridized carbons (Fsp3) is 0.200. The van der Waals surface area contributed by atoms with Crippen molar-refractivity contribution in [1.29, 1.82) is 0 Å². The van der Waals surface area contributed by atoms with E-state index in [1.165, 1.54) is 29.2 Å². The van der Waals surface area contributed by atoms with Crippen molar-refractivity contribution in [3.05, 3.63) is 93.5 Å². The van der Waals surface area contributed by atoms with Crippen molar-refractivity contribution in [3.8, 4) is 0 Å². The molecule has 1 aliphatic heterocycles. The van der Waals surface area contributed by atoms with Crippen molar-refractivity contribution in [2.24, 2.45) is 0 Å². The summed E-state index contributed by atoms with van der Waals surface area (Å²) in [7, 11) is 3.74. The van der Waals surface area contributed by atoms with Crippen LogP contribution in [-0.2, 0) is 9.59 Å². The maximum absolute atomic E-state index is 13.2. The van der Waals surface area contributed by atoms with Crippen LogP contribution < -0.4 is 0 Å². The first-order valence-electron chi connectivity index (χ1n) is 10.4. The second-order valence-electron chi connectivity index (χ2n) is 8.17. The van der Waals surface area contributed by atoms with E-state index in [2.05, 4.69) is 0 Å². The Morgan fingerprint density at radius 3 is 2.48 bits per heavy atom. The lowest BCUT2D eigenvalue weighted by Gasteiger charge is -2.27. The molecule has 1 saturated heterocycles. The molecule has 8 heteroatoms. The van der Waals surface area contributed by atoms with Gasteiger partial charge in [0.25, 0.3) is 17.4 Å². The first-order valence-corrected chi connectivity index (χ1v) is 10.4. The van der Waals surface area contributed by atoms with E-state index in [-0.39, 0.29) is 23.4 Å². The lowest BCUT2D eigenvalue weighted by atomic mass is 9.91. The molecule has 0 aromatic heterocycles. The van der Waals surface area contributed by atoms with Crippen LogP contribution in [0.25, 0.3) is 16.5 Å². The molecule has 0 radical (unpaired) electrons. The number of likely N-dealkylation sites (N-methyl/N-ethyl adjacent to an activating group) is 1. The minimum absolute atomic E-state index is 0.0735. The molecule has 3 aromatic carbocycles. The number of carbonyl (C=O) groups is 2. The zero-order valence-electron chi connectivity index (χ0n) is 18.3. The number of nitro benzene ring substituents is 1. The third-order valence-corrected chi connectivity index (χ3v) is 5.78. The van der Waals surface area contributed by atoms with E-state index in [0.29, 0.717) is 12.1 Å². The quantitative estimate of drug-likeness (QED) is 0.204. The number of ketones is 1. The van der Waals surface area contributed by atoms with Crippen LogP contribution >= 0.6 is 0 Å². The van der Waals surface area contributed by atoms with Crippen molar-refractivity contribution in [1.82, 2.24) is 9.80 Å². The molecule has 8 nitrogen and oxygen atoms in total. The molecule has 0 bridgehead atoms. The highest BCUT2D eigenvalue weighted by Crippen LogP contribution is 2.41. The van der Waals surface area contributed by atoms with E-state index in [1.807, 2.05) is 61.5 Å². The Kier molecular flexibility index (Phi) is 5.93. The van der Waals surface area contributed by atoms with Crippen LogP contribution in [0, 0.1) is 10.1 Å². The lowest BCUT2D eigenvalue weighted by molar-refractivity contribution is -0.384. The summed E-state index contributed by atoms with van der Waals surface area (Å²) in [5.74, 6) is -1.94. The molecule has 4 rings (SSSR count). The van der Waals surface area contributed by atoms with Crippen molar-refractivity contribution >= 4 is 33.9 Å². The molecule has 168 valence electrons. The molecular formula is C25H23N3O5. The molecule has 1 fully saturated rings. The summed E-state index contributed by atoms with van der Waals surface area (Å²) >= 11 is 0. The Morgan fingerprint density at radius 2 is 1.76 bits per heavy atom. The Labute approximate surface area is 190 Å². The van der Waals surface area contributed by atoms with E-state index < -0.39 is 28.4 Å². The second-order valence-corrected chi connectivity index (χ2v) is 8.17. The van der Waals surface area contributed by atoms with Crippen molar-refractivity contribution in [2.45, 2.75) is 6.04 Å². The number of aliphatic hydroxyl groups is 1. The molecule has 3 aromatic rings. The first kappa shape index (κ1) is 22.2. The van der Waals surface area contributed by atoms with Crippen LogP contribution in [0.3, 0.4) is 0 Å². The smallest absolute Gasteiger partial charge is 0.295 e. The fourth-order valence-electron chi connectivity index (χ4n) is 4.15. The summed E-state index contributed by atoms with van der Waals surface area (Å²) in [6.07, 6.45) is 0. The van der Waals surface area contributed by atoms with Crippen molar-refractivity contribution in [2.75, 3.05) is 27.2 Å². The van der Waals surface area contributed by atoms with Crippen LogP contribution in [0.4, 0.5) is 5.69 Å². The average molecular weight is 445 g/mol. The number of fused-ring (bicyclic) bond motifs is 1. The predicted octanol–water partition coefficient (Wildman–Crippen LogP) is 3.73. The van der Waals surface area contributed by atoms with E-state index in [1.54, 1.807) is 0 Å². The van der Waals surface area contributed by atoms with Gasteiger partial charge in [-0.1, -0.05) is 54.6 Å². The van der Waals surface area contributed by atoms with Gasteiger partial charge in [0.15, 0.2) is 0 Å². The van der Waals surface area contributed by atoms with E-state index in [0.717, 1.165) is 10.8 Å². The maximum Gasteiger partial charge on any atom is 0.295 e. The number of amides is 1. The monoisotopic (exact) mass is 445 g/mol. The van der Waals surface area contributed by atoms with Gasteiger partial charge >= 0.3 is 0 Å². The topological polar surface area (TPSA) is 104 Å². The number of hydrogen-bond acceptors (Lipinski definition) is 6. The van der Waals surface area contributed by atoms with Crippen molar-refractivity contribution < 1.29 is 19.6 Å². The number of benzene rings is 3. The minimum atomic E-state index is -0.824. The normalized spacial score (nSPS) is 17.8. The van der Waals surface area contributed by atoms with Gasteiger partial charge in [-0.2, -0.15) is 0 Å². The molecule has 1 atom stereocenters. The zero-order valence-corrected chi connectivity index (χ0v) is 18.3. The average Bonchev–Trinajstić information content (AvgIpc) is 3.06. The van der Waals surface area contributed by atoms with E-state index >= 15 is 0 Å². The maximum atomic E-state index is 13.2. The van der Waals surface area contributed by atoms with Crippen LogP contribution in [-0.4, -0.2) is 58.7 Å². The summed E-state index contributed by atoms with van der Waals surface area (Å²) < 4.78 is 0. The first-order chi connectivity index (χ1) is 15.8. The SMILES string of the molecule is CN(C)CCN1C(=O)C(=O)/C(=C(\O)c2cccc([N+](=O)[O-])c2)C1c1cccc2ccccc12. The predicted molar refractivity (Wildman–Crippen MR) is 125 cm³/mol. The van der Waals surface area contributed by atoms with Crippen molar-refractivity contribution in [3.63, 3.8) is 0 Å². The number of Topliss-reactive ketones (excluding diaryl/α,β-unsaturated/α-hetero) is 1. The van der Waals surface area contributed by atoms with Gasteiger partial charge in [0.1, 0.15) is 5.76 Å². The van der Waals surface area contributed by atoms with Gasteiger partial charge in [0.2, 0.25) is 0 Å². The fourth-order valence-corrected chi connectivity index (χ4v) is 4.15. The van der Waals surface area contributed by atoms with Gasteiger partial charge in [-0.15, -0.1) is 0 Å². The molecule has 0 saturated carbocycles. The van der Waals surface area contributed by atoms with Gasteiger partial charge in [-0.3, -0.25) is 19.7 Å². The Bertz CT molecular complexity index is 1290. The third-order valence-electron chi connectivity index (χ3n) is 5.78. The number of rotatable bonds is 6. The summed E-state index contributed by atoms with van der Waals surface area (Å²) in [6.45, 7) is 0.794. The Morgan fingerprint density at radius 1 is 1.06 bits per heavy atom. The molecule has 1 heterocycles. The molecule has 0 spiro atoms. The standard InChI is InChI=1S/C25H23N3O5/c1-26(2)13-14-27-22(20-12-6-8-16-7-3-4-11-19(16)20)21(24(30)25(27)31)23(29)17-9-5-10-18(15-17)28(32)33/h3-12,15,22,29H,13-14H2,1-2H3/b23-21-. The molecule has 33 heavy (non-hydrogen) atoms. The number of aliphatic hydroxyl groups excluding tert-OH is 1. The highest BCUT2D eigenvalue weighted by atomic mass is 16.6. The Hall–Kier alpha value is -4.04. The van der Waals surface area contributed by atoms with E-state index in [9.17, 15) is 24.8 Å². The highest BCUT2D eigenvalue weighted by Gasteiger charge is 2.46. The molecule has 1 amide bonds. The number of nitrogens with zero attached hydrogens (tertiary/aromatic N) is 3. The summed E-state index contributed by atoms with van der Waals surface area (Å²) in [5.41, 5.74) is 0.524. The number of nitro groups is 1. The molecular weight excluding hydrogens is 422 g/mol. The lowest BCUT2D eigenvalue weighted by Crippen LogP contribution is -2.35. The van der Waals surface area contributed by atoms with Crippen LogP contribution in [0.5, 0.6) is 0 Å². The number of non-ortho nitro benzene ring substituents is 1. The van der Waals surface area contributed by atoms with Crippen LogP contribution in [0.15, 0.2) is 72.3 Å². The van der Waals surface area contributed by atoms with Gasteiger partial charge in [-0.25, -0.2) is 0 Å². The molecule has 1 aliphatic rings.